The van der Waals surface area contributed by atoms with Gasteiger partial charge in [-0.3, -0.25) is 14.8 Å². The summed E-state index contributed by atoms with van der Waals surface area (Å²) in [4.78, 5) is 36.8. The second-order valence-electron chi connectivity index (χ2n) is 9.90. The topological polar surface area (TPSA) is 99.0 Å². The van der Waals surface area contributed by atoms with Crippen LogP contribution < -0.4 is 10.2 Å². The Morgan fingerprint density at radius 1 is 1.00 bits per heavy atom. The van der Waals surface area contributed by atoms with E-state index in [2.05, 4.69) is 21.4 Å². The SMILES string of the molecule is Cc1c(C#N)cncc1-c1cccc(Cl)c1C1CCC2C(=O)N(c3cncc4ccccc34)C(=O)NC2C1. The van der Waals surface area contributed by atoms with Gasteiger partial charge in [0.05, 0.1) is 23.4 Å². The van der Waals surface area contributed by atoms with Gasteiger partial charge in [0, 0.05) is 46.0 Å². The van der Waals surface area contributed by atoms with Gasteiger partial charge < -0.3 is 5.32 Å². The zero-order valence-electron chi connectivity index (χ0n) is 20.7. The molecule has 1 saturated carbocycles. The lowest BCUT2D eigenvalue weighted by atomic mass is 9.72. The number of carbonyl (C=O) groups is 2. The average molecular weight is 522 g/mol. The molecule has 2 fully saturated rings. The lowest BCUT2D eigenvalue weighted by molar-refractivity contribution is -0.124. The summed E-state index contributed by atoms with van der Waals surface area (Å²) in [6, 6.07) is 14.8. The quantitative estimate of drug-likeness (QED) is 0.349. The summed E-state index contributed by atoms with van der Waals surface area (Å²) in [5.41, 5.74) is 4.63. The van der Waals surface area contributed by atoms with Crippen LogP contribution >= 0.6 is 11.6 Å². The number of urea groups is 1. The molecule has 6 rings (SSSR count). The minimum Gasteiger partial charge on any atom is -0.334 e. The molecule has 2 aromatic heterocycles. The van der Waals surface area contributed by atoms with Crippen LogP contribution in [0.5, 0.6) is 0 Å². The first-order valence-corrected chi connectivity index (χ1v) is 13.0. The maximum Gasteiger partial charge on any atom is 0.329 e. The highest BCUT2D eigenvalue weighted by Gasteiger charge is 2.46. The summed E-state index contributed by atoms with van der Waals surface area (Å²) >= 11 is 6.77. The number of hydrogen-bond acceptors (Lipinski definition) is 5. The molecule has 3 atom stereocenters. The van der Waals surface area contributed by atoms with E-state index >= 15 is 0 Å². The van der Waals surface area contributed by atoms with Crippen molar-refractivity contribution in [1.29, 1.82) is 5.26 Å². The van der Waals surface area contributed by atoms with Gasteiger partial charge >= 0.3 is 6.03 Å². The summed E-state index contributed by atoms with van der Waals surface area (Å²) in [6.07, 6.45) is 8.57. The molecule has 188 valence electrons. The summed E-state index contributed by atoms with van der Waals surface area (Å²) in [6.45, 7) is 1.91. The number of benzene rings is 2. The average Bonchev–Trinajstić information content (AvgIpc) is 2.93. The van der Waals surface area contributed by atoms with Crippen LogP contribution in [0.3, 0.4) is 0 Å². The number of nitrogens with one attached hydrogen (secondary N) is 1. The second kappa shape index (κ2) is 9.55. The normalized spacial score (nSPS) is 21.1. The first-order valence-electron chi connectivity index (χ1n) is 12.6. The fourth-order valence-corrected chi connectivity index (χ4v) is 6.31. The van der Waals surface area contributed by atoms with Crippen molar-refractivity contribution in [2.45, 2.75) is 38.1 Å². The Hall–Kier alpha value is -4.28. The monoisotopic (exact) mass is 521 g/mol. The fourth-order valence-electron chi connectivity index (χ4n) is 5.98. The predicted octanol–water partition coefficient (Wildman–Crippen LogP) is 6.14. The van der Waals surface area contributed by atoms with E-state index in [-0.39, 0.29) is 23.8 Å². The van der Waals surface area contributed by atoms with E-state index < -0.39 is 6.03 Å². The van der Waals surface area contributed by atoms with E-state index in [0.29, 0.717) is 29.1 Å². The molecule has 7 nitrogen and oxygen atoms in total. The Bertz CT molecular complexity index is 1640. The summed E-state index contributed by atoms with van der Waals surface area (Å²) < 4.78 is 0. The van der Waals surface area contributed by atoms with Crippen molar-refractivity contribution in [2.75, 3.05) is 4.90 Å². The number of imide groups is 1. The highest BCUT2D eigenvalue weighted by molar-refractivity contribution is 6.32. The summed E-state index contributed by atoms with van der Waals surface area (Å²) in [7, 11) is 0. The molecule has 1 aliphatic carbocycles. The third kappa shape index (κ3) is 3.89. The van der Waals surface area contributed by atoms with Crippen LogP contribution in [-0.2, 0) is 4.79 Å². The van der Waals surface area contributed by atoms with Crippen molar-refractivity contribution in [3.05, 3.63) is 89.0 Å². The van der Waals surface area contributed by atoms with E-state index in [1.165, 1.54) is 4.90 Å². The summed E-state index contributed by atoms with van der Waals surface area (Å²) in [5.74, 6) is -0.500. The van der Waals surface area contributed by atoms with E-state index in [4.69, 9.17) is 11.6 Å². The lowest BCUT2D eigenvalue weighted by Gasteiger charge is -2.43. The van der Waals surface area contributed by atoms with Crippen molar-refractivity contribution in [3.8, 4) is 17.2 Å². The van der Waals surface area contributed by atoms with E-state index in [0.717, 1.165) is 39.4 Å². The number of nitrogens with zero attached hydrogens (tertiary/aromatic N) is 4. The van der Waals surface area contributed by atoms with Crippen LogP contribution in [0.15, 0.2) is 67.3 Å². The van der Waals surface area contributed by atoms with Crippen molar-refractivity contribution in [1.82, 2.24) is 15.3 Å². The number of fused-ring (bicyclic) bond motifs is 2. The molecule has 0 bridgehead atoms. The predicted molar refractivity (Wildman–Crippen MR) is 146 cm³/mol. The first-order chi connectivity index (χ1) is 18.5. The van der Waals surface area contributed by atoms with Gasteiger partial charge in [0.1, 0.15) is 6.07 Å². The standard InChI is InChI=1S/C30H24ClN5O2/c1-17-20(12-32)14-33-15-24(17)22-7-4-8-25(31)28(22)18-9-10-23-26(11-18)35-30(38)36(29(23)37)27-16-34-13-19-5-2-3-6-21(19)27/h2-8,13-16,18,23,26H,9-11H2,1H3,(H,35,38). The number of rotatable bonds is 3. The van der Waals surface area contributed by atoms with Crippen molar-refractivity contribution < 1.29 is 9.59 Å². The largest absolute Gasteiger partial charge is 0.334 e. The maximum atomic E-state index is 13.7. The molecule has 2 aromatic carbocycles. The molecule has 1 N–H and O–H groups in total. The molecule has 0 radical (unpaired) electrons. The van der Waals surface area contributed by atoms with Gasteiger partial charge in [0.2, 0.25) is 5.91 Å². The fraction of sp³-hybridized carbons (Fsp3) is 0.233. The van der Waals surface area contributed by atoms with Crippen LogP contribution in [-0.4, -0.2) is 27.9 Å². The van der Waals surface area contributed by atoms with Crippen LogP contribution in [0, 0.1) is 24.2 Å². The number of pyridine rings is 2. The Kier molecular flexibility index (Phi) is 6.05. The Balaban J connectivity index is 1.32. The third-order valence-electron chi connectivity index (χ3n) is 7.87. The molecule has 2 aliphatic rings. The smallest absolute Gasteiger partial charge is 0.329 e. The maximum absolute atomic E-state index is 13.7. The van der Waals surface area contributed by atoms with Gasteiger partial charge in [-0.1, -0.05) is 48.0 Å². The van der Waals surface area contributed by atoms with Crippen LogP contribution in [0.25, 0.3) is 21.9 Å². The number of anilines is 1. The minimum atomic E-state index is -0.434. The first kappa shape index (κ1) is 24.1. The van der Waals surface area contributed by atoms with Crippen molar-refractivity contribution >= 4 is 40.0 Å². The van der Waals surface area contributed by atoms with Crippen LogP contribution in [0.1, 0.15) is 41.9 Å². The Labute approximate surface area is 225 Å². The Morgan fingerprint density at radius 3 is 2.66 bits per heavy atom. The molecule has 3 heterocycles. The Morgan fingerprint density at radius 2 is 1.82 bits per heavy atom. The number of halogens is 1. The number of hydrogen-bond donors (Lipinski definition) is 1. The lowest BCUT2D eigenvalue weighted by Crippen LogP contribution is -2.61. The molecule has 1 saturated heterocycles. The molecule has 0 spiro atoms. The van der Waals surface area contributed by atoms with Crippen LogP contribution in [0.4, 0.5) is 10.5 Å². The molecule has 3 amide bonds. The van der Waals surface area contributed by atoms with Crippen molar-refractivity contribution in [2.24, 2.45) is 5.92 Å². The molecule has 3 unspecified atom stereocenters. The van der Waals surface area contributed by atoms with Gasteiger partial charge in [-0.05, 0) is 54.9 Å². The third-order valence-corrected chi connectivity index (χ3v) is 8.20. The van der Waals surface area contributed by atoms with Gasteiger partial charge in [-0.2, -0.15) is 5.26 Å². The van der Waals surface area contributed by atoms with E-state index in [1.807, 2.05) is 49.4 Å². The second-order valence-corrected chi connectivity index (χ2v) is 10.3. The van der Waals surface area contributed by atoms with Crippen molar-refractivity contribution in [3.63, 3.8) is 0 Å². The summed E-state index contributed by atoms with van der Waals surface area (Å²) in [5, 5.41) is 14.9. The highest BCUT2D eigenvalue weighted by atomic mass is 35.5. The van der Waals surface area contributed by atoms with E-state index in [1.54, 1.807) is 24.8 Å². The molecular weight excluding hydrogens is 498 g/mol. The van der Waals surface area contributed by atoms with Crippen LogP contribution in [0.2, 0.25) is 5.02 Å². The van der Waals surface area contributed by atoms with Gasteiger partial charge in [-0.25, -0.2) is 9.69 Å². The molecular formula is C30H24ClN5O2. The zero-order chi connectivity index (χ0) is 26.4. The molecule has 4 aromatic rings. The van der Waals surface area contributed by atoms with Gasteiger partial charge in [0.15, 0.2) is 0 Å². The molecule has 1 aliphatic heterocycles. The van der Waals surface area contributed by atoms with Gasteiger partial charge in [-0.15, -0.1) is 0 Å². The van der Waals surface area contributed by atoms with Gasteiger partial charge in [0.25, 0.3) is 0 Å². The number of nitriles is 1. The number of carbonyl (C=O) groups excluding carboxylic acids is 2. The zero-order valence-corrected chi connectivity index (χ0v) is 21.4. The molecule has 8 heteroatoms. The van der Waals surface area contributed by atoms with E-state index in [9.17, 15) is 14.9 Å². The minimum absolute atomic E-state index is 0.0314. The number of aromatic nitrogens is 2. The number of amides is 3. The molecule has 38 heavy (non-hydrogen) atoms. The highest BCUT2D eigenvalue weighted by Crippen LogP contribution is 2.45.